The Morgan fingerprint density at radius 1 is 1.36 bits per heavy atom. The van der Waals surface area contributed by atoms with Crippen LogP contribution in [0.2, 0.25) is 0 Å². The van der Waals surface area contributed by atoms with Gasteiger partial charge in [0.25, 0.3) is 0 Å². The number of rotatable bonds is 0. The summed E-state index contributed by atoms with van der Waals surface area (Å²) in [4.78, 5) is 11.7. The zero-order chi connectivity index (χ0) is 9.76. The van der Waals surface area contributed by atoms with Crippen LogP contribution in [0.25, 0.3) is 0 Å². The van der Waals surface area contributed by atoms with E-state index in [1.54, 1.807) is 0 Å². The van der Waals surface area contributed by atoms with Crippen LogP contribution in [0.4, 0.5) is 0 Å². The van der Waals surface area contributed by atoms with Crippen molar-refractivity contribution in [2.75, 3.05) is 0 Å². The van der Waals surface area contributed by atoms with E-state index in [0.29, 0.717) is 6.42 Å². The van der Waals surface area contributed by atoms with Crippen molar-refractivity contribution in [3.05, 3.63) is 35.4 Å². The van der Waals surface area contributed by atoms with Crippen LogP contribution in [-0.2, 0) is 16.8 Å². The molecule has 0 spiro atoms. The second-order valence-electron chi connectivity index (χ2n) is 4.29. The van der Waals surface area contributed by atoms with Crippen LogP contribution in [0.1, 0.15) is 24.0 Å². The molecule has 2 nitrogen and oxygen atoms in total. The van der Waals surface area contributed by atoms with Gasteiger partial charge in [0.05, 0.1) is 0 Å². The van der Waals surface area contributed by atoms with Crippen LogP contribution in [0.15, 0.2) is 24.3 Å². The monoisotopic (exact) mass is 188 g/mol. The van der Waals surface area contributed by atoms with E-state index in [0.717, 1.165) is 24.0 Å². The Labute approximate surface area is 82.6 Å². The topological polar surface area (TPSA) is 37.3 Å². The lowest BCUT2D eigenvalue weighted by Crippen LogP contribution is -2.33. The van der Waals surface area contributed by atoms with Crippen LogP contribution in [0.5, 0.6) is 0 Å². The second kappa shape index (κ2) is 2.45. The number of hydrogen-bond donors (Lipinski definition) is 1. The fourth-order valence-electron chi connectivity index (χ4n) is 2.89. The summed E-state index contributed by atoms with van der Waals surface area (Å²) in [6.07, 6.45) is 2.23. The van der Waals surface area contributed by atoms with Crippen LogP contribution in [0, 0.1) is 5.92 Å². The van der Waals surface area contributed by atoms with Crippen molar-refractivity contribution in [1.82, 2.24) is 0 Å². The number of carbonyl (C=O) groups is 1. The number of Topliss-reactive ketones (excluding diaryl/α,β-unsaturated/α-hetero) is 1. The van der Waals surface area contributed by atoms with Crippen molar-refractivity contribution < 1.29 is 9.90 Å². The first-order chi connectivity index (χ1) is 6.73. The van der Waals surface area contributed by atoms with Crippen LogP contribution in [0.3, 0.4) is 0 Å². The molecule has 1 aromatic rings. The molecule has 0 unspecified atom stereocenters. The molecular formula is C12H12O2. The number of carbonyl (C=O) groups excluding carboxylic acids is 1. The first-order valence-electron chi connectivity index (χ1n) is 5.07. The molecule has 0 radical (unpaired) electrons. The van der Waals surface area contributed by atoms with E-state index in [2.05, 4.69) is 0 Å². The molecule has 1 fully saturated rings. The average Bonchev–Trinajstić information content (AvgIpc) is 2.63. The summed E-state index contributed by atoms with van der Waals surface area (Å²) in [6, 6.07) is 7.76. The fraction of sp³-hybridized carbons (Fsp3) is 0.417. The molecule has 2 atom stereocenters. The maximum absolute atomic E-state index is 11.7. The average molecular weight is 188 g/mol. The zero-order valence-corrected chi connectivity index (χ0v) is 7.86. The number of hydrogen-bond acceptors (Lipinski definition) is 2. The van der Waals surface area contributed by atoms with Gasteiger partial charge < -0.3 is 5.11 Å². The lowest BCUT2D eigenvalue weighted by molar-refractivity contribution is -0.136. The highest BCUT2D eigenvalue weighted by atomic mass is 16.3. The van der Waals surface area contributed by atoms with Crippen molar-refractivity contribution in [2.45, 2.75) is 24.9 Å². The van der Waals surface area contributed by atoms with E-state index in [9.17, 15) is 9.90 Å². The lowest BCUT2D eigenvalue weighted by Gasteiger charge is -2.21. The molecule has 1 aromatic carbocycles. The molecule has 14 heavy (non-hydrogen) atoms. The molecule has 1 N–H and O–H groups in total. The number of fused-ring (bicyclic) bond motifs is 3. The van der Waals surface area contributed by atoms with Gasteiger partial charge in [-0.3, -0.25) is 4.79 Å². The minimum atomic E-state index is -1.14. The van der Waals surface area contributed by atoms with Gasteiger partial charge in [-0.15, -0.1) is 0 Å². The zero-order valence-electron chi connectivity index (χ0n) is 7.86. The van der Waals surface area contributed by atoms with Gasteiger partial charge in [-0.1, -0.05) is 24.3 Å². The van der Waals surface area contributed by atoms with E-state index in [1.165, 1.54) is 0 Å². The van der Waals surface area contributed by atoms with Gasteiger partial charge in [0.2, 0.25) is 0 Å². The highest BCUT2D eigenvalue weighted by molar-refractivity contribution is 5.92. The molecule has 3 rings (SSSR count). The summed E-state index contributed by atoms with van der Waals surface area (Å²) >= 11 is 0. The van der Waals surface area contributed by atoms with Gasteiger partial charge >= 0.3 is 0 Å². The van der Waals surface area contributed by atoms with Gasteiger partial charge in [0.1, 0.15) is 0 Å². The Kier molecular flexibility index (Phi) is 1.43. The van der Waals surface area contributed by atoms with Crippen molar-refractivity contribution in [2.24, 2.45) is 5.92 Å². The van der Waals surface area contributed by atoms with Crippen molar-refractivity contribution in [3.63, 3.8) is 0 Å². The van der Waals surface area contributed by atoms with E-state index in [4.69, 9.17) is 0 Å². The molecule has 2 heteroatoms. The number of ketones is 1. The summed E-state index contributed by atoms with van der Waals surface area (Å²) in [7, 11) is 0. The van der Waals surface area contributed by atoms with E-state index < -0.39 is 5.60 Å². The molecule has 0 aliphatic heterocycles. The largest absolute Gasteiger partial charge is 0.377 e. The predicted molar refractivity (Wildman–Crippen MR) is 51.8 cm³/mol. The first kappa shape index (κ1) is 8.18. The van der Waals surface area contributed by atoms with Gasteiger partial charge in [0.15, 0.2) is 11.4 Å². The Bertz CT molecular complexity index is 411. The predicted octanol–water partition coefficient (Wildman–Crippen LogP) is 1.41. The summed E-state index contributed by atoms with van der Waals surface area (Å²) in [5.74, 6) is 0.139. The standard InChI is InChI=1S/C12H12O2/c13-11-6-5-9-7-8-3-1-2-4-10(8)12(9,11)14/h1-4,9,14H,5-7H2/t9-,12+/m1/s1. The van der Waals surface area contributed by atoms with Gasteiger partial charge in [-0.05, 0) is 24.0 Å². The van der Waals surface area contributed by atoms with Gasteiger partial charge in [0, 0.05) is 12.3 Å². The number of aliphatic hydroxyl groups is 1. The molecular weight excluding hydrogens is 176 g/mol. The quantitative estimate of drug-likeness (QED) is 0.668. The van der Waals surface area contributed by atoms with Crippen molar-refractivity contribution in [3.8, 4) is 0 Å². The first-order valence-corrected chi connectivity index (χ1v) is 5.07. The molecule has 0 amide bonds. The van der Waals surface area contributed by atoms with Crippen LogP contribution < -0.4 is 0 Å². The third-order valence-electron chi connectivity index (χ3n) is 3.63. The van der Waals surface area contributed by atoms with E-state index >= 15 is 0 Å². The third kappa shape index (κ3) is 0.775. The Balaban J connectivity index is 2.22. The maximum Gasteiger partial charge on any atom is 0.169 e. The van der Waals surface area contributed by atoms with Crippen molar-refractivity contribution >= 4 is 5.78 Å². The van der Waals surface area contributed by atoms with Crippen LogP contribution in [-0.4, -0.2) is 10.9 Å². The Morgan fingerprint density at radius 3 is 3.00 bits per heavy atom. The molecule has 2 aliphatic rings. The minimum Gasteiger partial charge on any atom is -0.377 e. The molecule has 72 valence electrons. The summed E-state index contributed by atoms with van der Waals surface area (Å²) in [6.45, 7) is 0. The fourth-order valence-corrected chi connectivity index (χ4v) is 2.89. The highest BCUT2D eigenvalue weighted by Crippen LogP contribution is 2.49. The second-order valence-corrected chi connectivity index (χ2v) is 4.29. The van der Waals surface area contributed by atoms with E-state index in [-0.39, 0.29) is 11.7 Å². The van der Waals surface area contributed by atoms with E-state index in [1.807, 2.05) is 24.3 Å². The van der Waals surface area contributed by atoms with Gasteiger partial charge in [-0.25, -0.2) is 0 Å². The Hall–Kier alpha value is -1.15. The minimum absolute atomic E-state index is 0.00690. The summed E-state index contributed by atoms with van der Waals surface area (Å²) in [5, 5.41) is 10.4. The molecule has 1 saturated carbocycles. The molecule has 0 saturated heterocycles. The normalized spacial score (nSPS) is 34.4. The maximum atomic E-state index is 11.7. The molecule has 2 aliphatic carbocycles. The molecule has 0 bridgehead atoms. The van der Waals surface area contributed by atoms with Crippen LogP contribution >= 0.6 is 0 Å². The summed E-state index contributed by atoms with van der Waals surface area (Å²) in [5.41, 5.74) is 0.858. The molecule has 0 heterocycles. The Morgan fingerprint density at radius 2 is 2.14 bits per heavy atom. The third-order valence-corrected chi connectivity index (χ3v) is 3.63. The number of benzene rings is 1. The molecule has 0 aromatic heterocycles. The lowest BCUT2D eigenvalue weighted by atomic mass is 9.90. The highest BCUT2D eigenvalue weighted by Gasteiger charge is 2.54. The summed E-state index contributed by atoms with van der Waals surface area (Å²) < 4.78 is 0. The van der Waals surface area contributed by atoms with Gasteiger partial charge in [-0.2, -0.15) is 0 Å². The SMILES string of the molecule is O=C1CC[C@@H]2Cc3ccccc3[C@]12O. The smallest absolute Gasteiger partial charge is 0.169 e. The van der Waals surface area contributed by atoms with Crippen molar-refractivity contribution in [1.29, 1.82) is 0 Å².